The molecule has 3 aromatic rings. The van der Waals surface area contributed by atoms with E-state index in [1.165, 1.54) is 33.9 Å². The van der Waals surface area contributed by atoms with E-state index in [-0.39, 0.29) is 0 Å². The average Bonchev–Trinajstić information content (AvgIpc) is 3.43. The highest BCUT2D eigenvalue weighted by Crippen LogP contribution is 2.33. The Kier molecular flexibility index (Phi) is 11.1. The van der Waals surface area contributed by atoms with Crippen LogP contribution in [-0.2, 0) is 0 Å². The number of benzene rings is 1. The third-order valence-corrected chi connectivity index (χ3v) is 8.47. The van der Waals surface area contributed by atoms with Crippen LogP contribution in [-0.4, -0.2) is 13.7 Å². The van der Waals surface area contributed by atoms with Gasteiger partial charge in [0, 0.05) is 25.8 Å². The maximum Gasteiger partial charge on any atom is 0.127 e. The van der Waals surface area contributed by atoms with Crippen LogP contribution in [0.2, 0.25) is 0 Å². The molecule has 0 fully saturated rings. The predicted octanol–water partition coefficient (Wildman–Crippen LogP) is 10.5. The van der Waals surface area contributed by atoms with Gasteiger partial charge in [-0.2, -0.15) is 0 Å². The molecule has 0 aliphatic heterocycles. The molecule has 0 bridgehead atoms. The lowest BCUT2D eigenvalue weighted by atomic mass is 9.98. The van der Waals surface area contributed by atoms with Crippen LogP contribution >= 0.6 is 38.6 Å². The number of thiophene rings is 2. The average molecular weight is 574 g/mol. The van der Waals surface area contributed by atoms with Crippen molar-refractivity contribution in [2.45, 2.75) is 53.4 Å². The first-order valence-electron chi connectivity index (χ1n) is 12.4. The predicted molar refractivity (Wildman–Crippen MR) is 160 cm³/mol. The minimum Gasteiger partial charge on any atom is -0.496 e. The van der Waals surface area contributed by atoms with Gasteiger partial charge in [0.2, 0.25) is 0 Å². The van der Waals surface area contributed by atoms with Crippen molar-refractivity contribution in [2.24, 2.45) is 11.8 Å². The molecular formula is C30H37BrO2S2. The van der Waals surface area contributed by atoms with E-state index in [1.54, 1.807) is 29.8 Å². The first-order valence-corrected chi connectivity index (χ1v) is 14.8. The fourth-order valence-electron chi connectivity index (χ4n) is 3.85. The van der Waals surface area contributed by atoms with Crippen LogP contribution in [0.25, 0.3) is 24.3 Å². The molecule has 2 aromatic heterocycles. The van der Waals surface area contributed by atoms with E-state index in [2.05, 4.69) is 104 Å². The summed E-state index contributed by atoms with van der Waals surface area (Å²) in [5.41, 5.74) is 2.05. The number of aryl methyl sites for hydroxylation is 1. The minimum absolute atomic E-state index is 0.664. The van der Waals surface area contributed by atoms with Gasteiger partial charge in [-0.3, -0.25) is 0 Å². The molecule has 0 aliphatic carbocycles. The Hall–Kier alpha value is -1.82. The monoisotopic (exact) mass is 572 g/mol. The lowest BCUT2D eigenvalue weighted by molar-refractivity contribution is 0.275. The summed E-state index contributed by atoms with van der Waals surface area (Å²) >= 11 is 7.04. The molecule has 0 spiro atoms. The summed E-state index contributed by atoms with van der Waals surface area (Å²) in [5, 5.41) is 0. The van der Waals surface area contributed by atoms with Crippen LogP contribution in [0.3, 0.4) is 0 Å². The first-order chi connectivity index (χ1) is 16.8. The number of methoxy groups -OCH3 is 1. The van der Waals surface area contributed by atoms with E-state index in [4.69, 9.17) is 9.47 Å². The second kappa shape index (κ2) is 14.1. The van der Waals surface area contributed by atoms with Crippen molar-refractivity contribution in [3.8, 4) is 11.5 Å². The van der Waals surface area contributed by atoms with Crippen LogP contribution in [0.1, 0.15) is 72.2 Å². The molecule has 2 heterocycles. The maximum atomic E-state index is 6.38. The van der Waals surface area contributed by atoms with E-state index in [9.17, 15) is 0 Å². The molecule has 0 radical (unpaired) electrons. The van der Waals surface area contributed by atoms with E-state index in [0.29, 0.717) is 5.92 Å². The lowest BCUT2D eigenvalue weighted by Gasteiger charge is -2.16. The van der Waals surface area contributed by atoms with Gasteiger partial charge in [0.25, 0.3) is 0 Å². The smallest absolute Gasteiger partial charge is 0.127 e. The quantitative estimate of drug-likeness (QED) is 0.203. The fraction of sp³-hybridized carbons (Fsp3) is 0.400. The van der Waals surface area contributed by atoms with Crippen molar-refractivity contribution < 1.29 is 9.47 Å². The van der Waals surface area contributed by atoms with E-state index in [1.807, 2.05) is 0 Å². The highest BCUT2D eigenvalue weighted by Gasteiger charge is 2.11. The number of ether oxygens (including phenoxy) is 2. The molecule has 2 nitrogen and oxygen atoms in total. The van der Waals surface area contributed by atoms with Crippen LogP contribution in [0.15, 0.2) is 40.2 Å². The number of rotatable bonds is 13. The Balaban J connectivity index is 1.79. The van der Waals surface area contributed by atoms with Gasteiger partial charge in [-0.25, -0.2) is 0 Å². The highest BCUT2D eigenvalue weighted by molar-refractivity contribution is 9.11. The fourth-order valence-corrected chi connectivity index (χ4v) is 5.95. The molecular weight excluding hydrogens is 536 g/mol. The van der Waals surface area contributed by atoms with Crippen LogP contribution in [0.4, 0.5) is 0 Å². The zero-order chi connectivity index (χ0) is 25.2. The van der Waals surface area contributed by atoms with Gasteiger partial charge in [-0.15, -0.1) is 22.7 Å². The SMILES string of the molecule is COc1cc(/C=C/c2ccc(C)s2)c(OCCC(C)CCCC(C)C)cc1/C=C/c1ccc(Br)s1. The normalized spacial score (nSPS) is 12.8. The van der Waals surface area contributed by atoms with Gasteiger partial charge in [-0.1, -0.05) is 40.0 Å². The zero-order valence-corrected chi connectivity index (χ0v) is 24.7. The Morgan fingerprint density at radius 1 is 0.829 bits per heavy atom. The van der Waals surface area contributed by atoms with Crippen molar-refractivity contribution in [1.82, 2.24) is 0 Å². The standard InChI is InChI=1S/C30H37BrO2S2/c1-21(2)7-6-8-22(3)17-18-33-29-20-24(10-14-27-15-16-30(31)35-27)28(32-5)19-25(29)11-13-26-12-9-23(4)34-26/h9-16,19-22H,6-8,17-18H2,1-5H3/b13-11+,14-10+. The molecule has 1 atom stereocenters. The largest absolute Gasteiger partial charge is 0.496 e. The van der Waals surface area contributed by atoms with Crippen molar-refractivity contribution in [2.75, 3.05) is 13.7 Å². The van der Waals surface area contributed by atoms with Gasteiger partial charge >= 0.3 is 0 Å². The summed E-state index contributed by atoms with van der Waals surface area (Å²) in [5.74, 6) is 3.18. The molecule has 1 unspecified atom stereocenters. The van der Waals surface area contributed by atoms with Crippen LogP contribution < -0.4 is 9.47 Å². The summed E-state index contributed by atoms with van der Waals surface area (Å²) in [6.07, 6.45) is 13.4. The first kappa shape index (κ1) is 27.8. The summed E-state index contributed by atoms with van der Waals surface area (Å²) in [7, 11) is 1.73. The summed E-state index contributed by atoms with van der Waals surface area (Å²) in [6, 6.07) is 12.7. The van der Waals surface area contributed by atoms with Crippen LogP contribution in [0.5, 0.6) is 11.5 Å². The molecule has 1 aromatic carbocycles. The van der Waals surface area contributed by atoms with Gasteiger partial charge in [0.15, 0.2) is 0 Å². The van der Waals surface area contributed by atoms with Gasteiger partial charge < -0.3 is 9.47 Å². The molecule has 0 amide bonds. The molecule has 0 saturated carbocycles. The maximum absolute atomic E-state index is 6.38. The Morgan fingerprint density at radius 3 is 2.09 bits per heavy atom. The van der Waals surface area contributed by atoms with Crippen LogP contribution in [0, 0.1) is 18.8 Å². The van der Waals surface area contributed by atoms with E-state index >= 15 is 0 Å². The Morgan fingerprint density at radius 2 is 1.49 bits per heavy atom. The van der Waals surface area contributed by atoms with Crippen molar-refractivity contribution in [3.63, 3.8) is 0 Å². The number of halogens is 1. The molecule has 5 heteroatoms. The Labute approximate surface area is 227 Å². The second-order valence-electron chi connectivity index (χ2n) is 9.46. The number of hydrogen-bond donors (Lipinski definition) is 0. The molecule has 0 saturated heterocycles. The topological polar surface area (TPSA) is 18.5 Å². The summed E-state index contributed by atoms with van der Waals surface area (Å²) in [4.78, 5) is 3.73. The highest BCUT2D eigenvalue weighted by atomic mass is 79.9. The third kappa shape index (κ3) is 9.29. The van der Waals surface area contributed by atoms with E-state index in [0.717, 1.165) is 45.4 Å². The lowest BCUT2D eigenvalue weighted by Crippen LogP contribution is -2.06. The molecule has 0 N–H and O–H groups in total. The summed E-state index contributed by atoms with van der Waals surface area (Å²) < 4.78 is 13.3. The summed E-state index contributed by atoms with van der Waals surface area (Å²) in [6.45, 7) is 9.79. The number of hydrogen-bond acceptors (Lipinski definition) is 4. The molecule has 3 rings (SSSR count). The van der Waals surface area contributed by atoms with Crippen molar-refractivity contribution in [3.05, 3.63) is 65.9 Å². The zero-order valence-electron chi connectivity index (χ0n) is 21.5. The van der Waals surface area contributed by atoms with Crippen molar-refractivity contribution >= 4 is 62.9 Å². The van der Waals surface area contributed by atoms with Crippen molar-refractivity contribution in [1.29, 1.82) is 0 Å². The minimum atomic E-state index is 0.664. The second-order valence-corrected chi connectivity index (χ2v) is 13.3. The molecule has 35 heavy (non-hydrogen) atoms. The molecule has 0 aliphatic rings. The molecule has 188 valence electrons. The Bertz CT molecular complexity index is 1120. The third-order valence-electron chi connectivity index (χ3n) is 5.92. The van der Waals surface area contributed by atoms with Gasteiger partial charge in [-0.05, 0) is 102 Å². The van der Waals surface area contributed by atoms with Gasteiger partial charge in [0.05, 0.1) is 17.5 Å². The van der Waals surface area contributed by atoms with Gasteiger partial charge in [0.1, 0.15) is 11.5 Å². The van der Waals surface area contributed by atoms with E-state index < -0.39 is 0 Å².